The largest absolute Gasteiger partial charge is 0.478 e. The summed E-state index contributed by atoms with van der Waals surface area (Å²) in [6.45, 7) is 0. The lowest BCUT2D eigenvalue weighted by atomic mass is 10.1. The van der Waals surface area contributed by atoms with Crippen LogP contribution in [0.2, 0.25) is 0 Å². The molecular weight excluding hydrogens is 592 g/mol. The Kier molecular flexibility index (Phi) is 8.23. The number of rotatable bonds is 8. The molecule has 0 amide bonds. The summed E-state index contributed by atoms with van der Waals surface area (Å²) in [4.78, 5) is 32.7. The second kappa shape index (κ2) is 12.9. The summed E-state index contributed by atoms with van der Waals surface area (Å²) in [6.07, 6.45) is 7.94. The third-order valence-corrected chi connectivity index (χ3v) is 8.35. The van der Waals surface area contributed by atoms with Crippen LogP contribution in [0.1, 0.15) is 69.4 Å². The third-order valence-electron chi connectivity index (χ3n) is 8.35. The number of ether oxygens (including phenoxy) is 3. The van der Waals surface area contributed by atoms with E-state index in [4.69, 9.17) is 14.2 Å². The smallest absolute Gasteiger partial charge is 0.342 e. The van der Waals surface area contributed by atoms with Gasteiger partial charge in [-0.25, -0.2) is 9.59 Å². The van der Waals surface area contributed by atoms with Crippen LogP contribution in [-0.2, 0) is 4.74 Å². The molecule has 0 spiro atoms. The molecule has 8 nitrogen and oxygen atoms in total. The molecule has 1 N–H and O–H groups in total. The predicted octanol–water partition coefficient (Wildman–Crippen LogP) is 9.29. The average Bonchev–Trinajstić information content (AvgIpc) is 4.02. The van der Waals surface area contributed by atoms with Crippen molar-refractivity contribution in [1.82, 2.24) is 9.97 Å². The number of methoxy groups -OCH3 is 1. The molecule has 0 atom stereocenters. The van der Waals surface area contributed by atoms with E-state index in [2.05, 4.69) is 22.1 Å². The van der Waals surface area contributed by atoms with Crippen molar-refractivity contribution in [2.45, 2.75) is 37.5 Å². The first-order valence-corrected chi connectivity index (χ1v) is 15.6. The molecule has 2 heterocycles. The zero-order valence-electron chi connectivity index (χ0n) is 25.8. The number of hydrogen-bond donors (Lipinski definition) is 1. The van der Waals surface area contributed by atoms with Crippen molar-refractivity contribution in [2.75, 3.05) is 7.11 Å². The number of hydrogen-bond acceptors (Lipinski definition) is 7. The van der Waals surface area contributed by atoms with Gasteiger partial charge >= 0.3 is 11.9 Å². The minimum Gasteiger partial charge on any atom is -0.478 e. The molecule has 2 saturated carbocycles. The van der Waals surface area contributed by atoms with Gasteiger partial charge in [0.25, 0.3) is 0 Å². The Morgan fingerprint density at radius 1 is 0.638 bits per heavy atom. The van der Waals surface area contributed by atoms with Crippen molar-refractivity contribution in [3.63, 3.8) is 0 Å². The standard InChI is InChI=1S/C20H17NO3.C19H15NO3/c1-23-20(22)19-16-7-2-3-8-17(16)21-12-18(19)24-15-6-4-5-14(11-15)13-9-10-13;21-19(22)18-15-6-1-2-7-16(15)20-11-17(18)23-14-5-3-4-13(10-14)12-8-9-12/h2-8,11-13H,9-10H2,1H3;1-7,10-12H,8-9H2,(H,21,22). The fourth-order valence-electron chi connectivity index (χ4n) is 5.69. The van der Waals surface area contributed by atoms with Gasteiger partial charge in [0, 0.05) is 10.8 Å². The number of carboxylic acid groups (broad SMARTS) is 1. The lowest BCUT2D eigenvalue weighted by Gasteiger charge is -2.12. The van der Waals surface area contributed by atoms with Gasteiger partial charge in [-0.1, -0.05) is 60.7 Å². The highest BCUT2D eigenvalue weighted by Gasteiger charge is 2.25. The van der Waals surface area contributed by atoms with E-state index in [0.29, 0.717) is 45.6 Å². The molecule has 2 aromatic heterocycles. The van der Waals surface area contributed by atoms with Crippen molar-refractivity contribution in [2.24, 2.45) is 0 Å². The Balaban J connectivity index is 0.000000150. The molecule has 0 aliphatic heterocycles. The van der Waals surface area contributed by atoms with E-state index >= 15 is 0 Å². The van der Waals surface area contributed by atoms with Crippen LogP contribution in [-0.4, -0.2) is 34.1 Å². The van der Waals surface area contributed by atoms with E-state index < -0.39 is 11.9 Å². The molecule has 8 heteroatoms. The highest BCUT2D eigenvalue weighted by atomic mass is 16.5. The van der Waals surface area contributed by atoms with Gasteiger partial charge in [-0.2, -0.15) is 0 Å². The lowest BCUT2D eigenvalue weighted by molar-refractivity contribution is 0.0599. The predicted molar refractivity (Wildman–Crippen MR) is 179 cm³/mol. The van der Waals surface area contributed by atoms with Crippen molar-refractivity contribution in [3.8, 4) is 23.0 Å². The van der Waals surface area contributed by atoms with Gasteiger partial charge < -0.3 is 19.3 Å². The van der Waals surface area contributed by atoms with Crippen molar-refractivity contribution < 1.29 is 28.9 Å². The van der Waals surface area contributed by atoms with Crippen LogP contribution >= 0.6 is 0 Å². The van der Waals surface area contributed by atoms with Crippen LogP contribution in [0.3, 0.4) is 0 Å². The molecule has 0 saturated heterocycles. The number of fused-ring (bicyclic) bond motifs is 2. The number of benzene rings is 4. The Hall–Kier alpha value is -5.76. The van der Waals surface area contributed by atoms with Gasteiger partial charge in [-0.3, -0.25) is 9.97 Å². The van der Waals surface area contributed by atoms with Gasteiger partial charge in [0.1, 0.15) is 22.6 Å². The van der Waals surface area contributed by atoms with E-state index in [0.717, 1.165) is 10.9 Å². The summed E-state index contributed by atoms with van der Waals surface area (Å²) < 4.78 is 16.8. The van der Waals surface area contributed by atoms with Crippen molar-refractivity contribution in [1.29, 1.82) is 0 Å². The Morgan fingerprint density at radius 2 is 1.11 bits per heavy atom. The lowest BCUT2D eigenvalue weighted by Crippen LogP contribution is -2.05. The highest BCUT2D eigenvalue weighted by molar-refractivity contribution is 6.06. The van der Waals surface area contributed by atoms with E-state index in [-0.39, 0.29) is 11.3 Å². The number of carbonyl (C=O) groups excluding carboxylic acids is 1. The Morgan fingerprint density at radius 3 is 1.57 bits per heavy atom. The fourth-order valence-corrected chi connectivity index (χ4v) is 5.69. The molecule has 0 radical (unpaired) electrons. The maximum atomic E-state index is 12.3. The summed E-state index contributed by atoms with van der Waals surface area (Å²) in [6, 6.07) is 30.5. The number of esters is 1. The van der Waals surface area contributed by atoms with Crippen LogP contribution in [0.25, 0.3) is 21.8 Å². The quantitative estimate of drug-likeness (QED) is 0.167. The number of nitrogens with zero attached hydrogens (tertiary/aromatic N) is 2. The van der Waals surface area contributed by atoms with Gasteiger partial charge in [-0.15, -0.1) is 0 Å². The molecule has 8 rings (SSSR count). The fraction of sp³-hybridized carbons (Fsp3) is 0.179. The number of aromatic nitrogens is 2. The normalized spacial score (nSPS) is 13.8. The molecule has 6 aromatic rings. The minimum absolute atomic E-state index is 0.146. The molecule has 4 aromatic carbocycles. The molecular formula is C39H32N2O6. The van der Waals surface area contributed by atoms with Gasteiger partial charge in [0.05, 0.1) is 30.5 Å². The second-order valence-electron chi connectivity index (χ2n) is 11.7. The number of pyridine rings is 2. The maximum Gasteiger partial charge on any atom is 0.342 e. The second-order valence-corrected chi connectivity index (χ2v) is 11.7. The molecule has 2 aliphatic carbocycles. The van der Waals surface area contributed by atoms with E-state index in [1.165, 1.54) is 50.1 Å². The average molecular weight is 625 g/mol. The topological polar surface area (TPSA) is 108 Å². The van der Waals surface area contributed by atoms with Crippen LogP contribution in [0.15, 0.2) is 109 Å². The van der Waals surface area contributed by atoms with Crippen LogP contribution < -0.4 is 9.47 Å². The summed E-state index contributed by atoms with van der Waals surface area (Å²) in [5.41, 5.74) is 4.45. The zero-order valence-corrected chi connectivity index (χ0v) is 25.8. The molecule has 47 heavy (non-hydrogen) atoms. The Bertz CT molecular complexity index is 2120. The third kappa shape index (κ3) is 6.63. The molecule has 2 aliphatic rings. The van der Waals surface area contributed by atoms with Crippen LogP contribution in [0, 0.1) is 0 Å². The highest BCUT2D eigenvalue weighted by Crippen LogP contribution is 2.42. The van der Waals surface area contributed by atoms with Gasteiger partial charge in [0.15, 0.2) is 11.5 Å². The van der Waals surface area contributed by atoms with E-state index in [1.54, 1.807) is 24.4 Å². The first kappa shape index (κ1) is 29.9. The Labute approximate surface area is 271 Å². The first-order valence-electron chi connectivity index (χ1n) is 15.6. The van der Waals surface area contributed by atoms with Crippen molar-refractivity contribution in [3.05, 3.63) is 132 Å². The minimum atomic E-state index is -1.02. The summed E-state index contributed by atoms with van der Waals surface area (Å²) >= 11 is 0. The molecule has 0 bridgehead atoms. The first-order chi connectivity index (χ1) is 23.0. The molecule has 234 valence electrons. The van der Waals surface area contributed by atoms with Gasteiger partial charge in [-0.05, 0) is 85.0 Å². The zero-order chi connectivity index (χ0) is 32.3. The molecule has 2 fully saturated rings. The van der Waals surface area contributed by atoms with E-state index in [1.807, 2.05) is 66.7 Å². The number of carboxylic acids is 1. The summed E-state index contributed by atoms with van der Waals surface area (Å²) in [5.74, 6) is 1.85. The van der Waals surface area contributed by atoms with E-state index in [9.17, 15) is 14.7 Å². The van der Waals surface area contributed by atoms with Gasteiger partial charge in [0.2, 0.25) is 0 Å². The maximum absolute atomic E-state index is 12.3. The van der Waals surface area contributed by atoms with Crippen molar-refractivity contribution >= 4 is 33.7 Å². The summed E-state index contributed by atoms with van der Waals surface area (Å²) in [5, 5.41) is 10.9. The number of aromatic carboxylic acids is 1. The SMILES string of the molecule is COC(=O)c1c(Oc2cccc(C3CC3)c2)cnc2ccccc12.O=C(O)c1c(Oc2cccc(C3CC3)c2)cnc2ccccc12. The monoisotopic (exact) mass is 624 g/mol. The number of carbonyl (C=O) groups is 2. The molecule has 0 unspecified atom stereocenters. The van der Waals surface area contributed by atoms with Crippen LogP contribution in [0.4, 0.5) is 0 Å². The summed E-state index contributed by atoms with van der Waals surface area (Å²) in [7, 11) is 1.37. The number of para-hydroxylation sites is 2. The van der Waals surface area contributed by atoms with Crippen LogP contribution in [0.5, 0.6) is 23.0 Å².